The molecule has 0 radical (unpaired) electrons. The van der Waals surface area contributed by atoms with Gasteiger partial charge in [0.05, 0.1) is 11.3 Å². The standard InChI is InChI=1S/C14H10F3IN2O/c15-14(16,17)9-4-3-5-10(8-9)19-13(21)20-12-7-2-1-6-11(12)18/h1-8H,(H2,19,20,21). The van der Waals surface area contributed by atoms with Crippen LogP contribution in [-0.2, 0) is 6.18 Å². The normalized spacial score (nSPS) is 11.0. The summed E-state index contributed by atoms with van der Waals surface area (Å²) in [6, 6.07) is 10.9. The number of alkyl halides is 3. The minimum Gasteiger partial charge on any atom is -0.308 e. The first-order chi connectivity index (χ1) is 9.86. The van der Waals surface area contributed by atoms with Gasteiger partial charge in [0.25, 0.3) is 0 Å². The number of rotatable bonds is 2. The number of hydrogen-bond donors (Lipinski definition) is 2. The zero-order chi connectivity index (χ0) is 15.5. The fourth-order valence-electron chi connectivity index (χ4n) is 1.62. The molecular formula is C14H10F3IN2O. The Morgan fingerprint density at radius 3 is 2.38 bits per heavy atom. The van der Waals surface area contributed by atoms with Crippen molar-refractivity contribution in [1.82, 2.24) is 0 Å². The summed E-state index contributed by atoms with van der Waals surface area (Å²) in [7, 11) is 0. The highest BCUT2D eigenvalue weighted by Crippen LogP contribution is 2.30. The number of carbonyl (C=O) groups excluding carboxylic acids is 1. The van der Waals surface area contributed by atoms with Gasteiger partial charge in [-0.2, -0.15) is 13.2 Å². The monoisotopic (exact) mass is 406 g/mol. The van der Waals surface area contributed by atoms with Crippen LogP contribution in [0.15, 0.2) is 48.5 Å². The van der Waals surface area contributed by atoms with E-state index < -0.39 is 17.8 Å². The summed E-state index contributed by atoms with van der Waals surface area (Å²) in [5, 5.41) is 4.95. The molecule has 0 saturated heterocycles. The summed E-state index contributed by atoms with van der Waals surface area (Å²) in [6.45, 7) is 0. The van der Waals surface area contributed by atoms with E-state index in [1.54, 1.807) is 18.2 Å². The molecule has 0 aliphatic rings. The van der Waals surface area contributed by atoms with Crippen LogP contribution in [0.25, 0.3) is 0 Å². The molecular weight excluding hydrogens is 396 g/mol. The molecule has 0 heterocycles. The van der Waals surface area contributed by atoms with E-state index >= 15 is 0 Å². The van der Waals surface area contributed by atoms with Gasteiger partial charge in [-0.25, -0.2) is 4.79 Å². The van der Waals surface area contributed by atoms with E-state index in [1.165, 1.54) is 12.1 Å². The van der Waals surface area contributed by atoms with E-state index in [0.29, 0.717) is 5.69 Å². The topological polar surface area (TPSA) is 41.1 Å². The first-order valence-corrected chi connectivity index (χ1v) is 6.94. The molecule has 21 heavy (non-hydrogen) atoms. The van der Waals surface area contributed by atoms with Crippen LogP contribution in [0.3, 0.4) is 0 Å². The summed E-state index contributed by atoms with van der Waals surface area (Å²) in [5.41, 5.74) is -0.148. The quantitative estimate of drug-likeness (QED) is 0.681. The Labute approximate surface area is 132 Å². The van der Waals surface area contributed by atoms with Crippen LogP contribution >= 0.6 is 22.6 Å². The van der Waals surface area contributed by atoms with Crippen molar-refractivity contribution in [2.24, 2.45) is 0 Å². The summed E-state index contributed by atoms with van der Waals surface area (Å²) in [5.74, 6) is 0. The lowest BCUT2D eigenvalue weighted by molar-refractivity contribution is -0.137. The van der Waals surface area contributed by atoms with Crippen LogP contribution in [0.4, 0.5) is 29.3 Å². The molecule has 2 aromatic carbocycles. The maximum absolute atomic E-state index is 12.6. The predicted octanol–water partition coefficient (Wildman–Crippen LogP) is 4.95. The molecule has 0 unspecified atom stereocenters. The van der Waals surface area contributed by atoms with E-state index in [4.69, 9.17) is 0 Å². The van der Waals surface area contributed by atoms with Crippen LogP contribution < -0.4 is 10.6 Å². The third kappa shape index (κ3) is 4.35. The van der Waals surface area contributed by atoms with Crippen molar-refractivity contribution >= 4 is 40.0 Å². The van der Waals surface area contributed by atoms with Crippen molar-refractivity contribution in [1.29, 1.82) is 0 Å². The molecule has 110 valence electrons. The lowest BCUT2D eigenvalue weighted by Gasteiger charge is -2.11. The van der Waals surface area contributed by atoms with Gasteiger partial charge in [-0.15, -0.1) is 0 Å². The molecule has 0 bridgehead atoms. The van der Waals surface area contributed by atoms with Crippen LogP contribution in [0.1, 0.15) is 5.56 Å². The Balaban J connectivity index is 2.08. The Morgan fingerprint density at radius 1 is 1.00 bits per heavy atom. The second-order valence-corrected chi connectivity index (χ2v) is 5.30. The van der Waals surface area contributed by atoms with Gasteiger partial charge < -0.3 is 10.6 Å². The lowest BCUT2D eigenvalue weighted by atomic mass is 10.2. The van der Waals surface area contributed by atoms with Gasteiger partial charge in [0, 0.05) is 9.26 Å². The minimum atomic E-state index is -4.44. The van der Waals surface area contributed by atoms with Gasteiger partial charge in [-0.05, 0) is 52.9 Å². The van der Waals surface area contributed by atoms with Crippen molar-refractivity contribution in [2.45, 2.75) is 6.18 Å². The van der Waals surface area contributed by atoms with Crippen LogP contribution in [0.2, 0.25) is 0 Å². The number of amides is 2. The molecule has 2 rings (SSSR count). The summed E-state index contributed by atoms with van der Waals surface area (Å²) in [4.78, 5) is 11.8. The fraction of sp³-hybridized carbons (Fsp3) is 0.0714. The number of carbonyl (C=O) groups is 1. The Hall–Kier alpha value is -1.77. The van der Waals surface area contributed by atoms with Gasteiger partial charge in [-0.3, -0.25) is 0 Å². The van der Waals surface area contributed by atoms with Gasteiger partial charge in [0.2, 0.25) is 0 Å². The van der Waals surface area contributed by atoms with Gasteiger partial charge in [-0.1, -0.05) is 18.2 Å². The molecule has 2 N–H and O–H groups in total. The number of anilines is 2. The number of hydrogen-bond acceptors (Lipinski definition) is 1. The second-order valence-electron chi connectivity index (χ2n) is 4.14. The highest BCUT2D eigenvalue weighted by molar-refractivity contribution is 14.1. The fourth-order valence-corrected chi connectivity index (χ4v) is 2.14. The molecule has 0 saturated carbocycles. The van der Waals surface area contributed by atoms with Crippen molar-refractivity contribution in [2.75, 3.05) is 10.6 Å². The molecule has 0 spiro atoms. The van der Waals surface area contributed by atoms with Crippen LogP contribution in [-0.4, -0.2) is 6.03 Å². The maximum Gasteiger partial charge on any atom is 0.416 e. The average Bonchev–Trinajstić information content (AvgIpc) is 2.41. The molecule has 7 heteroatoms. The number of halogens is 4. The van der Waals surface area contributed by atoms with Crippen molar-refractivity contribution in [3.05, 3.63) is 57.7 Å². The van der Waals surface area contributed by atoms with E-state index in [9.17, 15) is 18.0 Å². The van der Waals surface area contributed by atoms with Gasteiger partial charge in [0.15, 0.2) is 0 Å². The predicted molar refractivity (Wildman–Crippen MR) is 83.2 cm³/mol. The summed E-state index contributed by atoms with van der Waals surface area (Å²) in [6.07, 6.45) is -4.44. The lowest BCUT2D eigenvalue weighted by Crippen LogP contribution is -2.20. The Kier molecular flexibility index (Phi) is 4.71. The van der Waals surface area contributed by atoms with E-state index in [2.05, 4.69) is 10.6 Å². The largest absolute Gasteiger partial charge is 0.416 e. The number of nitrogens with one attached hydrogen (secondary N) is 2. The highest BCUT2D eigenvalue weighted by Gasteiger charge is 2.30. The highest BCUT2D eigenvalue weighted by atomic mass is 127. The molecule has 0 aliphatic heterocycles. The van der Waals surface area contributed by atoms with E-state index in [1.807, 2.05) is 28.7 Å². The van der Waals surface area contributed by atoms with Crippen LogP contribution in [0, 0.1) is 3.57 Å². The Morgan fingerprint density at radius 2 is 1.71 bits per heavy atom. The van der Waals surface area contributed by atoms with Gasteiger partial charge in [0.1, 0.15) is 0 Å². The zero-order valence-corrected chi connectivity index (χ0v) is 12.7. The third-order valence-electron chi connectivity index (χ3n) is 2.57. The number of para-hydroxylation sites is 1. The summed E-state index contributed by atoms with van der Waals surface area (Å²) >= 11 is 2.05. The average molecular weight is 406 g/mol. The smallest absolute Gasteiger partial charge is 0.308 e. The number of benzene rings is 2. The van der Waals surface area contributed by atoms with Crippen molar-refractivity contribution in [3.63, 3.8) is 0 Å². The Bertz CT molecular complexity index is 659. The van der Waals surface area contributed by atoms with E-state index in [0.717, 1.165) is 15.7 Å². The maximum atomic E-state index is 12.6. The first-order valence-electron chi connectivity index (χ1n) is 5.86. The van der Waals surface area contributed by atoms with E-state index in [-0.39, 0.29) is 5.69 Å². The summed E-state index contributed by atoms with van der Waals surface area (Å²) < 4.78 is 38.6. The van der Waals surface area contributed by atoms with Crippen molar-refractivity contribution in [3.8, 4) is 0 Å². The minimum absolute atomic E-state index is 0.0771. The second kappa shape index (κ2) is 6.33. The van der Waals surface area contributed by atoms with Crippen LogP contribution in [0.5, 0.6) is 0 Å². The number of urea groups is 1. The van der Waals surface area contributed by atoms with Crippen molar-refractivity contribution < 1.29 is 18.0 Å². The molecule has 0 aliphatic carbocycles. The van der Waals surface area contributed by atoms with Gasteiger partial charge >= 0.3 is 12.2 Å². The molecule has 0 aromatic heterocycles. The first kappa shape index (κ1) is 15.6. The zero-order valence-electron chi connectivity index (χ0n) is 10.5. The third-order valence-corrected chi connectivity index (χ3v) is 3.51. The molecule has 2 amide bonds. The molecule has 2 aromatic rings. The molecule has 0 atom stereocenters. The SMILES string of the molecule is O=C(Nc1cccc(C(F)(F)F)c1)Nc1ccccc1I. The molecule has 3 nitrogen and oxygen atoms in total. The molecule has 0 fully saturated rings.